The van der Waals surface area contributed by atoms with E-state index in [1.807, 2.05) is 18.2 Å². The summed E-state index contributed by atoms with van der Waals surface area (Å²) >= 11 is 0. The first kappa shape index (κ1) is 41.3. The molecular weight excluding hydrogens is 773 g/mol. The molecular formula is C43H46N8O9. The molecule has 1 atom stereocenters. The maximum Gasteiger partial charge on any atom is 0.257 e. The minimum atomic E-state index is -0.911. The zero-order chi connectivity index (χ0) is 42.7. The summed E-state index contributed by atoms with van der Waals surface area (Å²) in [6.07, 6.45) is 2.39. The van der Waals surface area contributed by atoms with Crippen LogP contribution in [0.1, 0.15) is 69.9 Å². The van der Waals surface area contributed by atoms with Crippen molar-refractivity contribution in [3.05, 3.63) is 105 Å². The summed E-state index contributed by atoms with van der Waals surface area (Å²) in [5.41, 5.74) is 7.61. The second-order valence-corrected chi connectivity index (χ2v) is 14.9. The Morgan fingerprint density at radius 1 is 0.867 bits per heavy atom. The van der Waals surface area contributed by atoms with Crippen molar-refractivity contribution < 1.29 is 43.0 Å². The quantitative estimate of drug-likeness (QED) is 0.0862. The van der Waals surface area contributed by atoms with E-state index in [2.05, 4.69) is 20.4 Å². The number of fused-ring (bicyclic) bond motifs is 2. The number of aldehydes is 2. The summed E-state index contributed by atoms with van der Waals surface area (Å²) in [6, 6.07) is 14.3. The summed E-state index contributed by atoms with van der Waals surface area (Å²) < 4.78 is 19.7. The van der Waals surface area contributed by atoms with Crippen molar-refractivity contribution in [2.75, 3.05) is 57.3 Å². The van der Waals surface area contributed by atoms with Gasteiger partial charge in [-0.05, 0) is 73.0 Å². The van der Waals surface area contributed by atoms with Crippen molar-refractivity contribution >= 4 is 47.6 Å². The van der Waals surface area contributed by atoms with E-state index >= 15 is 0 Å². The fourth-order valence-electron chi connectivity index (χ4n) is 7.54. The normalized spacial score (nSPS) is 13.5. The SMILES string of the molecule is Cc1cc(C(=O)N(C)CCOCCOc2ccc3c(c2)CC(=O)N3C(COCc2c(-c3ccc4c(c3)CC(=O)N4)cnn2C)N(C)C(=O)c2cc(C)[nH]c2C=O)c(C=O)[nH]1. The highest BCUT2D eigenvalue weighted by molar-refractivity contribution is 6.05. The molecule has 5 aromatic rings. The van der Waals surface area contributed by atoms with Crippen molar-refractivity contribution in [1.82, 2.24) is 29.5 Å². The standard InChI is InChI=1S/C43H46N8O9/c1-25-14-31(35(21-52)45-25)42(56)48(3)10-11-58-12-13-60-30-7-9-37-29(17-30)19-41(55)51(37)40(49(4)43(57)32-15-26(2)46-36(32)22-53)24-59-23-38-33(20-44-50(38)5)27-6-8-34-28(16-27)18-39(54)47-34/h6-9,14-17,20-22,40,45-46H,10-13,18-19,23-24H2,1-5H3,(H,47,54). The summed E-state index contributed by atoms with van der Waals surface area (Å²) in [4.78, 5) is 86.1. The number of aryl methyl sites for hydroxylation is 3. The molecule has 3 aromatic heterocycles. The van der Waals surface area contributed by atoms with Crippen molar-refractivity contribution in [3.63, 3.8) is 0 Å². The third-order valence-corrected chi connectivity index (χ3v) is 10.7. The van der Waals surface area contributed by atoms with Gasteiger partial charge in [0.15, 0.2) is 12.6 Å². The number of likely N-dealkylation sites (N-methyl/N-ethyl adjacent to an activating group) is 2. The summed E-state index contributed by atoms with van der Waals surface area (Å²) in [5.74, 6) is -0.551. The smallest absolute Gasteiger partial charge is 0.257 e. The molecule has 0 saturated carbocycles. The van der Waals surface area contributed by atoms with Crippen LogP contribution in [-0.4, -0.2) is 119 Å². The van der Waals surface area contributed by atoms with Gasteiger partial charge in [-0.3, -0.25) is 38.3 Å². The van der Waals surface area contributed by atoms with Gasteiger partial charge in [-0.15, -0.1) is 0 Å². The van der Waals surface area contributed by atoms with E-state index in [-0.39, 0.29) is 74.1 Å². The topological polar surface area (TPSA) is 201 Å². The van der Waals surface area contributed by atoms with E-state index in [1.54, 1.807) is 81.1 Å². The number of aromatic nitrogens is 4. The molecule has 312 valence electrons. The monoisotopic (exact) mass is 818 g/mol. The average Bonchev–Trinajstić information content (AvgIpc) is 4.06. The number of anilines is 2. The van der Waals surface area contributed by atoms with Gasteiger partial charge in [0, 0.05) is 56.0 Å². The molecule has 5 heterocycles. The van der Waals surface area contributed by atoms with Gasteiger partial charge in [0.1, 0.15) is 18.5 Å². The first-order valence-electron chi connectivity index (χ1n) is 19.4. The van der Waals surface area contributed by atoms with Crippen molar-refractivity contribution in [3.8, 4) is 16.9 Å². The third kappa shape index (κ3) is 8.48. The van der Waals surface area contributed by atoms with Crippen LogP contribution in [0.4, 0.5) is 11.4 Å². The minimum Gasteiger partial charge on any atom is -0.491 e. The molecule has 0 radical (unpaired) electrons. The summed E-state index contributed by atoms with van der Waals surface area (Å²) in [5, 5.41) is 7.31. The van der Waals surface area contributed by atoms with E-state index in [0.717, 1.165) is 33.8 Å². The van der Waals surface area contributed by atoms with Gasteiger partial charge in [-0.2, -0.15) is 5.10 Å². The van der Waals surface area contributed by atoms with Crippen LogP contribution in [-0.2, 0) is 45.6 Å². The molecule has 0 fully saturated rings. The van der Waals surface area contributed by atoms with Gasteiger partial charge in [-0.25, -0.2) is 0 Å². The molecule has 2 aliphatic heterocycles. The van der Waals surface area contributed by atoms with Crippen molar-refractivity contribution in [2.24, 2.45) is 7.05 Å². The van der Waals surface area contributed by atoms with Crippen LogP contribution in [0, 0.1) is 13.8 Å². The Labute approximate surface area is 345 Å². The number of ether oxygens (including phenoxy) is 3. The highest BCUT2D eigenvalue weighted by atomic mass is 16.5. The number of aromatic amines is 2. The lowest BCUT2D eigenvalue weighted by Gasteiger charge is -2.35. The Hall–Kier alpha value is -6.85. The lowest BCUT2D eigenvalue weighted by atomic mass is 10.0. The molecule has 17 nitrogen and oxygen atoms in total. The predicted octanol–water partition coefficient (Wildman–Crippen LogP) is 3.85. The summed E-state index contributed by atoms with van der Waals surface area (Å²) in [7, 11) is 5.01. The Bertz CT molecular complexity index is 2480. The molecule has 0 spiro atoms. The number of rotatable bonds is 18. The number of hydrogen-bond acceptors (Lipinski definition) is 10. The van der Waals surface area contributed by atoms with Gasteiger partial charge >= 0.3 is 0 Å². The van der Waals surface area contributed by atoms with Crippen LogP contribution in [0.2, 0.25) is 0 Å². The van der Waals surface area contributed by atoms with E-state index in [1.165, 1.54) is 9.80 Å². The van der Waals surface area contributed by atoms with Gasteiger partial charge in [-0.1, -0.05) is 6.07 Å². The molecule has 60 heavy (non-hydrogen) atoms. The maximum atomic E-state index is 14.0. The fraction of sp³-hybridized carbons (Fsp3) is 0.326. The molecule has 17 heteroatoms. The third-order valence-electron chi connectivity index (χ3n) is 10.7. The van der Waals surface area contributed by atoms with Gasteiger partial charge in [0.2, 0.25) is 11.8 Å². The number of benzene rings is 2. The Balaban J connectivity index is 1.02. The second-order valence-electron chi connectivity index (χ2n) is 14.9. The maximum absolute atomic E-state index is 14.0. The highest BCUT2D eigenvalue weighted by Gasteiger charge is 2.38. The summed E-state index contributed by atoms with van der Waals surface area (Å²) in [6.45, 7) is 4.53. The molecule has 0 saturated heterocycles. The minimum absolute atomic E-state index is 0.0544. The number of H-pyrrole nitrogens is 2. The van der Waals surface area contributed by atoms with Crippen LogP contribution in [0.15, 0.2) is 54.7 Å². The predicted molar refractivity (Wildman–Crippen MR) is 219 cm³/mol. The molecule has 2 aromatic carbocycles. The average molecular weight is 819 g/mol. The lowest BCUT2D eigenvalue weighted by molar-refractivity contribution is -0.119. The first-order chi connectivity index (χ1) is 28.9. The van der Waals surface area contributed by atoms with Crippen LogP contribution in [0.5, 0.6) is 5.75 Å². The number of nitrogens with zero attached hydrogens (tertiary/aromatic N) is 5. The molecule has 2 aliphatic rings. The second kappa shape index (κ2) is 17.6. The molecule has 3 N–H and O–H groups in total. The van der Waals surface area contributed by atoms with Crippen LogP contribution in [0.3, 0.4) is 0 Å². The number of carbonyl (C=O) groups is 6. The van der Waals surface area contributed by atoms with Crippen LogP contribution >= 0.6 is 0 Å². The largest absolute Gasteiger partial charge is 0.491 e. The van der Waals surface area contributed by atoms with Crippen LogP contribution in [0.25, 0.3) is 11.1 Å². The molecule has 7 rings (SSSR count). The Kier molecular flexibility index (Phi) is 12.1. The Morgan fingerprint density at radius 3 is 2.30 bits per heavy atom. The highest BCUT2D eigenvalue weighted by Crippen LogP contribution is 2.35. The number of amides is 4. The Morgan fingerprint density at radius 2 is 1.58 bits per heavy atom. The van der Waals surface area contributed by atoms with E-state index < -0.39 is 12.1 Å². The van der Waals surface area contributed by atoms with E-state index in [4.69, 9.17) is 14.2 Å². The number of carbonyl (C=O) groups excluding carboxylic acids is 6. The molecule has 0 bridgehead atoms. The van der Waals surface area contributed by atoms with Crippen LogP contribution < -0.4 is 15.0 Å². The van der Waals surface area contributed by atoms with Gasteiger partial charge < -0.3 is 39.3 Å². The van der Waals surface area contributed by atoms with Crippen molar-refractivity contribution in [1.29, 1.82) is 0 Å². The van der Waals surface area contributed by atoms with Gasteiger partial charge in [0.05, 0.1) is 73.7 Å². The number of hydrogen-bond donors (Lipinski definition) is 3. The molecule has 0 aliphatic carbocycles. The van der Waals surface area contributed by atoms with Crippen molar-refractivity contribution in [2.45, 2.75) is 39.5 Å². The zero-order valence-corrected chi connectivity index (χ0v) is 34.0. The van der Waals surface area contributed by atoms with E-state index in [9.17, 15) is 28.8 Å². The fourth-order valence-corrected chi connectivity index (χ4v) is 7.54. The lowest BCUT2D eigenvalue weighted by Crippen LogP contribution is -2.53. The zero-order valence-electron chi connectivity index (χ0n) is 34.0. The first-order valence-corrected chi connectivity index (χ1v) is 19.4. The van der Waals surface area contributed by atoms with E-state index in [0.29, 0.717) is 53.8 Å². The number of nitrogens with one attached hydrogen (secondary N) is 3. The van der Waals surface area contributed by atoms with Gasteiger partial charge in [0.25, 0.3) is 11.8 Å². The molecule has 4 amide bonds. The molecule has 1 unspecified atom stereocenters.